The van der Waals surface area contributed by atoms with E-state index in [-0.39, 0.29) is 57.4 Å². The Kier molecular flexibility index (Phi) is 23.6. The van der Waals surface area contributed by atoms with Crippen molar-refractivity contribution in [3.8, 4) is 0 Å². The molecule has 0 unspecified atom stereocenters. The molecule has 0 spiro atoms. The van der Waals surface area contributed by atoms with Crippen LogP contribution in [-0.2, 0) is 72.0 Å². The Morgan fingerprint density at radius 1 is 0.688 bits per heavy atom. The second-order valence-corrected chi connectivity index (χ2v) is 19.6. The third-order valence-corrected chi connectivity index (χ3v) is 12.9. The van der Waals surface area contributed by atoms with Crippen LogP contribution >= 0.6 is 0 Å². The number of hydrogen-bond donors (Lipinski definition) is 15. The number of aliphatic hydroxyl groups is 2. The van der Waals surface area contributed by atoms with Crippen molar-refractivity contribution in [1.82, 2.24) is 62.4 Å². The van der Waals surface area contributed by atoms with Gasteiger partial charge in [-0.05, 0) is 48.8 Å². The first-order valence-electron chi connectivity index (χ1n) is 25.9. The van der Waals surface area contributed by atoms with E-state index in [4.69, 9.17) is 16.6 Å². The molecule has 0 saturated carbocycles. The maximum Gasteiger partial charge on any atom is 0.322 e. The second kappa shape index (κ2) is 30.4. The Bertz CT molecular complexity index is 2810. The van der Waals surface area contributed by atoms with Gasteiger partial charge in [0, 0.05) is 61.2 Å². The lowest BCUT2D eigenvalue weighted by Crippen LogP contribution is -2.60. The first kappa shape index (κ1) is 62.1. The molecule has 1 aliphatic heterocycles. The standard InChI is InChI=1S/C52H70N14O14/c1-28(2)17-35(47(75)65-40(26-68)52(80)66-16-8-13-41(66)51(79)58-24-44(71)72)60-43(70)23-57-46(74)36(18-29-9-4-3-5-10-29)62-50(78)39(25-67)64-48(76)37(19-30-21-56-34-12-7-6-11-32(30)34)63-49(77)38(20-31-22-55-27-59-31)61-45(73)33(53)14-15-42(54)69/h3-7,9-12,21-22,27-28,33,35-41,56,67-68H,8,13-20,23-26,53H2,1-2H3,(H2,54,69)(H,55,59)(H,57,74)(H,58,79)(H,60,70)(H,61,73)(H,62,78)(H,63,77)(H,64,76)(H,65,75)(H,71,72)/t33-,35-,36-,37-,38-,39-,40-,41-/m0/s1. The molecule has 0 radical (unpaired) electrons. The fraction of sp³-hybridized carbons (Fsp3) is 0.462. The van der Waals surface area contributed by atoms with Crippen LogP contribution in [0.5, 0.6) is 0 Å². The number of aromatic amines is 2. The number of benzene rings is 2. The molecule has 4 aromatic rings. The van der Waals surface area contributed by atoms with Gasteiger partial charge in [0.2, 0.25) is 59.1 Å². The largest absolute Gasteiger partial charge is 0.480 e. The minimum absolute atomic E-state index is 0.0335. The lowest BCUT2D eigenvalue weighted by Gasteiger charge is -2.29. The van der Waals surface area contributed by atoms with Crippen LogP contribution in [0.15, 0.2) is 73.3 Å². The molecule has 0 aliphatic carbocycles. The van der Waals surface area contributed by atoms with Gasteiger partial charge in [0.05, 0.1) is 32.1 Å². The average molecular weight is 1120 g/mol. The number of carbonyl (C=O) groups excluding carboxylic acids is 10. The molecule has 28 nitrogen and oxygen atoms in total. The number of imidazole rings is 1. The van der Waals surface area contributed by atoms with Crippen molar-refractivity contribution in [2.24, 2.45) is 17.4 Å². The number of H-pyrrole nitrogens is 2. The van der Waals surface area contributed by atoms with Gasteiger partial charge >= 0.3 is 5.97 Å². The molecule has 2 aromatic carbocycles. The predicted molar refractivity (Wildman–Crippen MR) is 284 cm³/mol. The van der Waals surface area contributed by atoms with E-state index >= 15 is 0 Å². The van der Waals surface area contributed by atoms with Crippen molar-refractivity contribution in [3.63, 3.8) is 0 Å². The van der Waals surface area contributed by atoms with E-state index in [1.165, 1.54) is 12.5 Å². The highest BCUT2D eigenvalue weighted by Gasteiger charge is 2.39. The van der Waals surface area contributed by atoms with Crippen molar-refractivity contribution in [1.29, 1.82) is 0 Å². The fourth-order valence-corrected chi connectivity index (χ4v) is 8.81. The van der Waals surface area contributed by atoms with Crippen LogP contribution in [0, 0.1) is 5.92 Å². The van der Waals surface area contributed by atoms with Gasteiger partial charge in [-0.25, -0.2) is 4.98 Å². The fourth-order valence-electron chi connectivity index (χ4n) is 8.81. The number of aliphatic carboxylic acids is 1. The summed E-state index contributed by atoms with van der Waals surface area (Å²) in [6.45, 7) is 0.303. The Morgan fingerprint density at radius 3 is 1.93 bits per heavy atom. The van der Waals surface area contributed by atoms with Crippen molar-refractivity contribution in [3.05, 3.63) is 90.1 Å². The molecule has 17 N–H and O–H groups in total. The van der Waals surface area contributed by atoms with Crippen molar-refractivity contribution in [2.75, 3.05) is 32.8 Å². The van der Waals surface area contributed by atoms with Gasteiger partial charge in [0.25, 0.3) is 0 Å². The summed E-state index contributed by atoms with van der Waals surface area (Å²) in [6.07, 6.45) is 4.22. The van der Waals surface area contributed by atoms with Crippen LogP contribution < -0.4 is 54.0 Å². The minimum Gasteiger partial charge on any atom is -0.480 e. The molecule has 1 saturated heterocycles. The quantitative estimate of drug-likeness (QED) is 0.0227. The Hall–Kier alpha value is -8.76. The number of nitrogens with two attached hydrogens (primary N) is 2. The summed E-state index contributed by atoms with van der Waals surface area (Å²) in [6, 6.07) is 4.37. The Balaban J connectivity index is 1.29. The third-order valence-electron chi connectivity index (χ3n) is 12.9. The molecular formula is C52H70N14O14. The molecule has 8 atom stereocenters. The number of aliphatic hydroxyl groups excluding tert-OH is 2. The SMILES string of the molecule is CC(C)C[C@H](NC(=O)CNC(=O)[C@H](Cc1ccccc1)NC(=O)[C@H](CO)NC(=O)[C@H](Cc1c[nH]c2ccccc12)NC(=O)[C@H](Cc1cnc[nH]1)NC(=O)[C@@H](N)CCC(N)=O)C(=O)N[C@@H](CO)C(=O)N1CCC[C@H]1C(=O)NCC(=O)O. The number of likely N-dealkylation sites (tertiary alicyclic amines) is 1. The van der Waals surface area contributed by atoms with Crippen LogP contribution in [0.2, 0.25) is 0 Å². The number of carboxylic acids is 1. The molecule has 80 heavy (non-hydrogen) atoms. The van der Waals surface area contributed by atoms with Gasteiger partial charge in [-0.15, -0.1) is 0 Å². The first-order chi connectivity index (χ1) is 38.2. The summed E-state index contributed by atoms with van der Waals surface area (Å²) in [5.74, 6) is -10.0. The van der Waals surface area contributed by atoms with Gasteiger partial charge in [-0.3, -0.25) is 52.7 Å². The highest BCUT2D eigenvalue weighted by atomic mass is 16.4. The van der Waals surface area contributed by atoms with Gasteiger partial charge in [0.1, 0.15) is 48.8 Å². The summed E-state index contributed by atoms with van der Waals surface area (Å²) in [5.41, 5.74) is 13.5. The molecule has 0 bridgehead atoms. The molecular weight excluding hydrogens is 1040 g/mol. The van der Waals surface area contributed by atoms with Gasteiger partial charge < -0.3 is 84.2 Å². The lowest BCUT2D eigenvalue weighted by molar-refractivity contribution is -0.143. The van der Waals surface area contributed by atoms with Crippen LogP contribution in [0.1, 0.15) is 62.8 Å². The number of hydrogen-bond acceptors (Lipinski definition) is 15. The van der Waals surface area contributed by atoms with E-state index in [1.807, 2.05) is 0 Å². The zero-order valence-corrected chi connectivity index (χ0v) is 44.2. The normalized spacial score (nSPS) is 15.7. The van der Waals surface area contributed by atoms with E-state index in [9.17, 15) is 63.0 Å². The summed E-state index contributed by atoms with van der Waals surface area (Å²) in [4.78, 5) is 157. The van der Waals surface area contributed by atoms with E-state index < -0.39 is 140 Å². The number of amides is 10. The Morgan fingerprint density at radius 2 is 1.29 bits per heavy atom. The molecule has 2 aromatic heterocycles. The highest BCUT2D eigenvalue weighted by molar-refractivity contribution is 5.98. The highest BCUT2D eigenvalue weighted by Crippen LogP contribution is 2.21. The average Bonchev–Trinajstić information content (AvgIpc) is 4.24. The topological polar surface area (TPSA) is 444 Å². The number of rotatable bonds is 31. The number of fused-ring (bicyclic) bond motifs is 1. The molecule has 1 aliphatic rings. The number of aromatic nitrogens is 3. The van der Waals surface area contributed by atoms with Crippen LogP contribution in [0.25, 0.3) is 10.9 Å². The van der Waals surface area contributed by atoms with Crippen LogP contribution in [-0.4, -0.2) is 181 Å². The summed E-state index contributed by atoms with van der Waals surface area (Å²) >= 11 is 0. The monoisotopic (exact) mass is 1110 g/mol. The summed E-state index contributed by atoms with van der Waals surface area (Å²) in [5, 5.41) is 50.3. The van der Waals surface area contributed by atoms with E-state index in [0.29, 0.717) is 34.1 Å². The van der Waals surface area contributed by atoms with Gasteiger partial charge in [0.15, 0.2) is 0 Å². The van der Waals surface area contributed by atoms with E-state index in [0.717, 1.165) is 4.90 Å². The molecule has 3 heterocycles. The maximum atomic E-state index is 14.4. The first-order valence-corrected chi connectivity index (χ1v) is 25.9. The van der Waals surface area contributed by atoms with Crippen LogP contribution in [0.4, 0.5) is 0 Å². The smallest absolute Gasteiger partial charge is 0.322 e. The zero-order chi connectivity index (χ0) is 58.5. The molecule has 432 valence electrons. The van der Waals surface area contributed by atoms with Gasteiger partial charge in [-0.2, -0.15) is 0 Å². The van der Waals surface area contributed by atoms with Crippen molar-refractivity contribution >= 4 is 75.9 Å². The Labute approximate surface area is 459 Å². The summed E-state index contributed by atoms with van der Waals surface area (Å²) < 4.78 is 0. The second-order valence-electron chi connectivity index (χ2n) is 19.6. The van der Waals surface area contributed by atoms with Crippen molar-refractivity contribution in [2.45, 2.75) is 114 Å². The summed E-state index contributed by atoms with van der Waals surface area (Å²) in [7, 11) is 0. The molecule has 1 fully saturated rings. The minimum atomic E-state index is -1.74. The van der Waals surface area contributed by atoms with Crippen molar-refractivity contribution < 1.29 is 68.1 Å². The lowest BCUT2D eigenvalue weighted by atomic mass is 10.0. The zero-order valence-electron chi connectivity index (χ0n) is 44.2. The van der Waals surface area contributed by atoms with Crippen LogP contribution in [0.3, 0.4) is 0 Å². The number of primary amides is 1. The number of para-hydroxylation sites is 1. The number of carboxylic acid groups (broad SMARTS) is 1. The molecule has 5 rings (SSSR count). The van der Waals surface area contributed by atoms with E-state index in [1.54, 1.807) is 74.6 Å². The van der Waals surface area contributed by atoms with E-state index in [2.05, 4.69) is 57.5 Å². The molecule has 28 heteroatoms. The predicted octanol–water partition coefficient (Wildman–Crippen LogP) is -4.24. The number of carbonyl (C=O) groups is 11. The third kappa shape index (κ3) is 18.7. The number of nitrogens with one attached hydrogen (secondary N) is 10. The van der Waals surface area contributed by atoms with Gasteiger partial charge in [-0.1, -0.05) is 62.4 Å². The maximum absolute atomic E-state index is 14.4. The molecule has 10 amide bonds. The number of nitrogens with zero attached hydrogens (tertiary/aromatic N) is 2.